The van der Waals surface area contributed by atoms with E-state index in [-0.39, 0.29) is 5.91 Å². The molecule has 2 bridgehead atoms. The van der Waals surface area contributed by atoms with Crippen LogP contribution in [-0.2, 0) is 0 Å². The number of hydrogen-bond acceptors (Lipinski definition) is 2. The van der Waals surface area contributed by atoms with Crippen molar-refractivity contribution >= 4 is 23.0 Å². The van der Waals surface area contributed by atoms with E-state index in [4.69, 9.17) is 11.6 Å². The molecule has 1 saturated carbocycles. The summed E-state index contributed by atoms with van der Waals surface area (Å²) in [5.74, 6) is 0.609. The van der Waals surface area contributed by atoms with Gasteiger partial charge in [0.25, 0.3) is 5.91 Å². The third kappa shape index (κ3) is 2.00. The van der Waals surface area contributed by atoms with Crippen molar-refractivity contribution in [2.24, 2.45) is 5.92 Å². The topological polar surface area (TPSA) is 45.5 Å². The maximum atomic E-state index is 12.4. The fourth-order valence-electron chi connectivity index (χ4n) is 3.48. The van der Waals surface area contributed by atoms with Crippen molar-refractivity contribution in [3.8, 4) is 0 Å². The van der Waals surface area contributed by atoms with E-state index in [1.165, 1.54) is 6.42 Å². The average molecular weight is 290 g/mol. The van der Waals surface area contributed by atoms with Gasteiger partial charge in [-0.15, -0.1) is 0 Å². The number of pyridine rings is 1. The predicted molar refractivity (Wildman–Crippen MR) is 78.2 cm³/mol. The number of carbonyl (C=O) groups excluding carboxylic acids is 1. The van der Waals surface area contributed by atoms with Gasteiger partial charge >= 0.3 is 0 Å². The Hall–Kier alpha value is -1.52. The van der Waals surface area contributed by atoms with E-state index in [2.05, 4.69) is 10.6 Å². The number of amides is 1. The van der Waals surface area contributed by atoms with E-state index in [1.54, 1.807) is 0 Å². The molecule has 0 spiro atoms. The van der Waals surface area contributed by atoms with Gasteiger partial charge in [0.05, 0.1) is 5.02 Å². The zero-order valence-corrected chi connectivity index (χ0v) is 11.7. The number of carbonyl (C=O) groups is 1. The molecule has 1 aliphatic carbocycles. The molecule has 4 nitrogen and oxygen atoms in total. The molecule has 2 aromatic heterocycles. The fraction of sp³-hybridized carbons (Fsp3) is 0.400. The minimum atomic E-state index is 0.0161. The van der Waals surface area contributed by atoms with E-state index in [9.17, 15) is 4.79 Å². The predicted octanol–water partition coefficient (Wildman–Crippen LogP) is 2.07. The zero-order chi connectivity index (χ0) is 13.7. The Balaban J connectivity index is 1.54. The lowest BCUT2D eigenvalue weighted by molar-refractivity contribution is 0.0925. The molecule has 20 heavy (non-hydrogen) atoms. The van der Waals surface area contributed by atoms with Gasteiger partial charge in [0, 0.05) is 42.1 Å². The van der Waals surface area contributed by atoms with Gasteiger partial charge in [0.2, 0.25) is 0 Å². The third-order valence-electron chi connectivity index (χ3n) is 4.51. The smallest absolute Gasteiger partial charge is 0.251 e. The maximum absolute atomic E-state index is 12.4. The monoisotopic (exact) mass is 289 g/mol. The number of piperidine rings is 1. The van der Waals surface area contributed by atoms with Gasteiger partial charge in [-0.25, -0.2) is 0 Å². The van der Waals surface area contributed by atoms with Crippen LogP contribution >= 0.6 is 11.6 Å². The second kappa shape index (κ2) is 4.50. The summed E-state index contributed by atoms with van der Waals surface area (Å²) < 4.78 is 1.92. The molecule has 0 radical (unpaired) electrons. The number of halogens is 1. The first-order valence-corrected chi connectivity index (χ1v) is 7.38. The first kappa shape index (κ1) is 12.2. The summed E-state index contributed by atoms with van der Waals surface area (Å²) in [7, 11) is 0. The Morgan fingerprint density at radius 2 is 2.30 bits per heavy atom. The molecular formula is C15H16ClN3O. The van der Waals surface area contributed by atoms with Gasteiger partial charge in [0.1, 0.15) is 0 Å². The van der Waals surface area contributed by atoms with E-state index in [0.717, 1.165) is 18.5 Å². The van der Waals surface area contributed by atoms with Crippen LogP contribution in [0.25, 0.3) is 5.52 Å². The molecule has 3 heterocycles. The van der Waals surface area contributed by atoms with Crippen LogP contribution in [0.1, 0.15) is 23.2 Å². The highest BCUT2D eigenvalue weighted by molar-refractivity contribution is 6.31. The molecule has 2 aliphatic rings. The van der Waals surface area contributed by atoms with Crippen LogP contribution in [0.5, 0.6) is 0 Å². The highest BCUT2D eigenvalue weighted by Crippen LogP contribution is 2.31. The molecule has 5 heteroatoms. The Bertz CT molecular complexity index is 681. The zero-order valence-electron chi connectivity index (χ0n) is 11.0. The second-order valence-corrected chi connectivity index (χ2v) is 6.26. The van der Waals surface area contributed by atoms with Crippen molar-refractivity contribution in [2.45, 2.75) is 24.9 Å². The van der Waals surface area contributed by atoms with Crippen LogP contribution in [0.15, 0.2) is 30.6 Å². The first-order chi connectivity index (χ1) is 9.69. The van der Waals surface area contributed by atoms with Gasteiger partial charge in [0.15, 0.2) is 0 Å². The van der Waals surface area contributed by atoms with Crippen molar-refractivity contribution < 1.29 is 4.79 Å². The highest BCUT2D eigenvalue weighted by Gasteiger charge is 2.40. The minimum Gasteiger partial charge on any atom is -0.349 e. The number of aromatic nitrogens is 1. The summed E-state index contributed by atoms with van der Waals surface area (Å²) in [6, 6.07) is 6.49. The SMILES string of the molecule is O=C(NC1CC2CC1CN2)c1ccn2cc(Cl)cc2c1. The number of nitrogens with zero attached hydrogens (tertiary/aromatic N) is 1. The summed E-state index contributed by atoms with van der Waals surface area (Å²) in [6.45, 7) is 1.03. The number of hydrogen-bond donors (Lipinski definition) is 2. The third-order valence-corrected chi connectivity index (χ3v) is 4.71. The Morgan fingerprint density at radius 1 is 1.40 bits per heavy atom. The van der Waals surface area contributed by atoms with Crippen molar-refractivity contribution in [1.82, 2.24) is 15.0 Å². The number of rotatable bonds is 2. The van der Waals surface area contributed by atoms with Crippen LogP contribution in [0, 0.1) is 5.92 Å². The fourth-order valence-corrected chi connectivity index (χ4v) is 3.70. The van der Waals surface area contributed by atoms with Crippen molar-refractivity contribution in [2.75, 3.05) is 6.54 Å². The van der Waals surface area contributed by atoms with Gasteiger partial charge in [-0.2, -0.15) is 0 Å². The van der Waals surface area contributed by atoms with Gasteiger partial charge in [-0.1, -0.05) is 11.6 Å². The molecular weight excluding hydrogens is 274 g/mol. The largest absolute Gasteiger partial charge is 0.349 e. The van der Waals surface area contributed by atoms with Gasteiger partial charge in [-0.05, 0) is 37.0 Å². The van der Waals surface area contributed by atoms with Gasteiger partial charge in [-0.3, -0.25) is 4.79 Å². The molecule has 3 unspecified atom stereocenters. The van der Waals surface area contributed by atoms with Gasteiger partial charge < -0.3 is 15.0 Å². The van der Waals surface area contributed by atoms with Crippen molar-refractivity contribution in [3.05, 3.63) is 41.2 Å². The summed E-state index contributed by atoms with van der Waals surface area (Å²) in [6.07, 6.45) is 5.95. The molecule has 4 rings (SSSR count). The summed E-state index contributed by atoms with van der Waals surface area (Å²) in [4.78, 5) is 12.4. The molecule has 2 N–H and O–H groups in total. The quantitative estimate of drug-likeness (QED) is 0.889. The Morgan fingerprint density at radius 3 is 3.05 bits per heavy atom. The van der Waals surface area contributed by atoms with E-state index in [1.807, 2.05) is 35.0 Å². The summed E-state index contributed by atoms with van der Waals surface area (Å²) >= 11 is 5.97. The molecule has 2 fully saturated rings. The lowest BCUT2D eigenvalue weighted by Crippen LogP contribution is -2.44. The molecule has 1 aliphatic heterocycles. The normalized spacial score (nSPS) is 28.1. The number of fused-ring (bicyclic) bond motifs is 3. The van der Waals surface area contributed by atoms with E-state index in [0.29, 0.717) is 28.6 Å². The Labute approximate surface area is 122 Å². The highest BCUT2D eigenvalue weighted by atomic mass is 35.5. The van der Waals surface area contributed by atoms with Crippen molar-refractivity contribution in [1.29, 1.82) is 0 Å². The average Bonchev–Trinajstić information content (AvgIpc) is 3.10. The second-order valence-electron chi connectivity index (χ2n) is 5.82. The summed E-state index contributed by atoms with van der Waals surface area (Å²) in [5.41, 5.74) is 1.64. The molecule has 3 atom stereocenters. The van der Waals surface area contributed by atoms with Crippen molar-refractivity contribution in [3.63, 3.8) is 0 Å². The van der Waals surface area contributed by atoms with E-state index < -0.39 is 0 Å². The maximum Gasteiger partial charge on any atom is 0.251 e. The van der Waals surface area contributed by atoms with Crippen LogP contribution in [0.2, 0.25) is 5.02 Å². The Kier molecular flexibility index (Phi) is 2.75. The molecule has 104 valence electrons. The number of nitrogens with one attached hydrogen (secondary N) is 2. The first-order valence-electron chi connectivity index (χ1n) is 7.00. The summed E-state index contributed by atoms with van der Waals surface area (Å²) in [5, 5.41) is 7.32. The van der Waals surface area contributed by atoms with Crippen LogP contribution in [0.4, 0.5) is 0 Å². The molecule has 1 saturated heterocycles. The molecule has 0 aromatic carbocycles. The van der Waals surface area contributed by atoms with Crippen LogP contribution in [0.3, 0.4) is 0 Å². The molecule has 2 aromatic rings. The lowest BCUT2D eigenvalue weighted by atomic mass is 10.0. The standard InChI is InChI=1S/C15H16ClN3O/c16-11-5-13-4-9(1-2-19(13)8-11)15(20)18-14-6-12-3-10(14)7-17-12/h1-2,4-5,8,10,12,14,17H,3,6-7H2,(H,18,20). The minimum absolute atomic E-state index is 0.0161. The van der Waals surface area contributed by atoms with Crippen LogP contribution < -0.4 is 10.6 Å². The lowest BCUT2D eigenvalue weighted by Gasteiger charge is -2.23. The van der Waals surface area contributed by atoms with Crippen LogP contribution in [-0.4, -0.2) is 28.9 Å². The molecule has 1 amide bonds. The van der Waals surface area contributed by atoms with E-state index >= 15 is 0 Å².